The summed E-state index contributed by atoms with van der Waals surface area (Å²) >= 11 is 0. The molecule has 2 aromatic rings. The van der Waals surface area contributed by atoms with E-state index in [4.69, 9.17) is 0 Å². The van der Waals surface area contributed by atoms with Crippen molar-refractivity contribution in [1.82, 2.24) is 5.32 Å². The first-order valence-electron chi connectivity index (χ1n) is 9.39. The molecule has 0 saturated heterocycles. The van der Waals surface area contributed by atoms with Crippen molar-refractivity contribution in [2.24, 2.45) is 0 Å². The van der Waals surface area contributed by atoms with Gasteiger partial charge in [0.25, 0.3) is 5.69 Å². The average Bonchev–Trinajstić information content (AvgIpc) is 2.69. The van der Waals surface area contributed by atoms with E-state index in [1.807, 2.05) is 0 Å². The third-order valence-electron chi connectivity index (χ3n) is 4.48. The molecule has 0 saturated carbocycles. The molecule has 30 heavy (non-hydrogen) atoms. The Kier molecular flexibility index (Phi) is 7.87. The Bertz CT molecular complexity index is 996. The summed E-state index contributed by atoms with van der Waals surface area (Å²) < 4.78 is 38.7. The van der Waals surface area contributed by atoms with Crippen molar-refractivity contribution >= 4 is 27.3 Å². The van der Waals surface area contributed by atoms with Crippen molar-refractivity contribution in [1.29, 1.82) is 0 Å². The molecule has 1 amide bonds. The number of nitro groups is 1. The maximum atomic E-state index is 12.9. The predicted molar refractivity (Wildman–Crippen MR) is 112 cm³/mol. The van der Waals surface area contributed by atoms with E-state index >= 15 is 0 Å². The number of rotatable bonds is 10. The van der Waals surface area contributed by atoms with Gasteiger partial charge in [-0.3, -0.25) is 19.2 Å². The summed E-state index contributed by atoms with van der Waals surface area (Å²) in [5.41, 5.74) is 0.711. The minimum Gasteiger partial charge on any atom is -0.354 e. The molecule has 0 unspecified atom stereocenters. The Morgan fingerprint density at radius 3 is 2.47 bits per heavy atom. The van der Waals surface area contributed by atoms with Gasteiger partial charge in [0.05, 0.1) is 16.9 Å². The lowest BCUT2D eigenvalue weighted by atomic mass is 10.1. The maximum Gasteiger partial charge on any atom is 0.271 e. The number of halogens is 1. The van der Waals surface area contributed by atoms with Crippen LogP contribution in [-0.2, 0) is 21.2 Å². The van der Waals surface area contributed by atoms with Gasteiger partial charge in [0.1, 0.15) is 11.9 Å². The number of amides is 1. The third kappa shape index (κ3) is 6.24. The molecule has 2 rings (SSSR count). The van der Waals surface area contributed by atoms with E-state index in [0.717, 1.165) is 22.2 Å². The van der Waals surface area contributed by atoms with Gasteiger partial charge in [-0.2, -0.15) is 0 Å². The number of anilines is 1. The molecule has 0 aliphatic rings. The number of hydrogen-bond donors (Lipinski definition) is 1. The first-order valence-corrected chi connectivity index (χ1v) is 11.2. The summed E-state index contributed by atoms with van der Waals surface area (Å²) in [5.74, 6) is -0.812. The minimum atomic E-state index is -3.88. The molecule has 0 aliphatic heterocycles. The van der Waals surface area contributed by atoms with Crippen molar-refractivity contribution in [3.05, 3.63) is 70.0 Å². The highest BCUT2D eigenvalue weighted by Crippen LogP contribution is 2.26. The SMILES string of the molecule is CC[C@H](C(=O)NCCCc1ccc(F)cc1)N(c1cccc([N+](=O)[O-])c1)S(C)(=O)=O. The van der Waals surface area contributed by atoms with Gasteiger partial charge in [0.15, 0.2) is 0 Å². The number of non-ortho nitro benzene ring substituents is 1. The third-order valence-corrected chi connectivity index (χ3v) is 5.66. The predicted octanol–water partition coefficient (Wildman–Crippen LogP) is 3.03. The van der Waals surface area contributed by atoms with Gasteiger partial charge in [-0.15, -0.1) is 0 Å². The van der Waals surface area contributed by atoms with Gasteiger partial charge in [0, 0.05) is 18.7 Å². The minimum absolute atomic E-state index is 0.0556. The van der Waals surface area contributed by atoms with Crippen molar-refractivity contribution < 1.29 is 22.5 Å². The number of carbonyl (C=O) groups excluding carboxylic acids is 1. The van der Waals surface area contributed by atoms with Crippen LogP contribution in [0, 0.1) is 15.9 Å². The van der Waals surface area contributed by atoms with Crippen LogP contribution in [0.25, 0.3) is 0 Å². The number of aryl methyl sites for hydroxylation is 1. The Hall–Kier alpha value is -3.01. The molecule has 1 atom stereocenters. The molecule has 0 aliphatic carbocycles. The number of sulfonamides is 1. The highest BCUT2D eigenvalue weighted by atomic mass is 32.2. The van der Waals surface area contributed by atoms with E-state index in [-0.39, 0.29) is 23.6 Å². The fourth-order valence-corrected chi connectivity index (χ4v) is 4.28. The number of nitrogens with zero attached hydrogens (tertiary/aromatic N) is 2. The smallest absolute Gasteiger partial charge is 0.271 e. The van der Waals surface area contributed by atoms with E-state index in [1.54, 1.807) is 19.1 Å². The summed E-state index contributed by atoms with van der Waals surface area (Å²) in [6, 6.07) is 10.2. The number of nitro benzene ring substituents is 1. The van der Waals surface area contributed by atoms with E-state index in [2.05, 4.69) is 5.32 Å². The first-order chi connectivity index (χ1) is 14.1. The van der Waals surface area contributed by atoms with Gasteiger partial charge in [-0.05, 0) is 43.0 Å². The molecule has 0 fully saturated rings. The van der Waals surface area contributed by atoms with Crippen LogP contribution < -0.4 is 9.62 Å². The Morgan fingerprint density at radius 1 is 1.23 bits per heavy atom. The molecule has 0 radical (unpaired) electrons. The summed E-state index contributed by atoms with van der Waals surface area (Å²) in [6.45, 7) is 1.97. The number of hydrogen-bond acceptors (Lipinski definition) is 5. The highest BCUT2D eigenvalue weighted by molar-refractivity contribution is 7.92. The molecule has 0 bridgehead atoms. The van der Waals surface area contributed by atoms with Gasteiger partial charge in [0.2, 0.25) is 15.9 Å². The van der Waals surface area contributed by atoms with E-state index in [1.165, 1.54) is 30.3 Å². The number of carbonyl (C=O) groups is 1. The van der Waals surface area contributed by atoms with E-state index in [9.17, 15) is 27.7 Å². The molecule has 1 N–H and O–H groups in total. The molecular weight excluding hydrogens is 413 g/mol. The Labute approximate surface area is 174 Å². The fourth-order valence-electron chi connectivity index (χ4n) is 3.08. The summed E-state index contributed by atoms with van der Waals surface area (Å²) in [5, 5.41) is 13.8. The molecular formula is C20H24FN3O5S. The Balaban J connectivity index is 2.10. The highest BCUT2D eigenvalue weighted by Gasteiger charge is 2.32. The lowest BCUT2D eigenvalue weighted by Gasteiger charge is -2.30. The summed E-state index contributed by atoms with van der Waals surface area (Å²) in [7, 11) is -3.88. The molecule has 10 heteroatoms. The van der Waals surface area contributed by atoms with Crippen molar-refractivity contribution in [2.45, 2.75) is 32.2 Å². The zero-order chi connectivity index (χ0) is 22.3. The lowest BCUT2D eigenvalue weighted by molar-refractivity contribution is -0.384. The van der Waals surface area contributed by atoms with E-state index < -0.39 is 26.9 Å². The van der Waals surface area contributed by atoms with E-state index in [0.29, 0.717) is 19.4 Å². The molecule has 2 aromatic carbocycles. The zero-order valence-electron chi connectivity index (χ0n) is 16.7. The topological polar surface area (TPSA) is 110 Å². The van der Waals surface area contributed by atoms with Gasteiger partial charge in [-0.1, -0.05) is 25.1 Å². The lowest BCUT2D eigenvalue weighted by Crippen LogP contribution is -2.49. The van der Waals surface area contributed by atoms with Crippen molar-refractivity contribution in [3.8, 4) is 0 Å². The van der Waals surface area contributed by atoms with Gasteiger partial charge >= 0.3 is 0 Å². The van der Waals surface area contributed by atoms with Gasteiger partial charge in [-0.25, -0.2) is 12.8 Å². The van der Waals surface area contributed by atoms with Crippen LogP contribution in [0.1, 0.15) is 25.3 Å². The number of nitrogens with one attached hydrogen (secondary N) is 1. The second-order valence-electron chi connectivity index (χ2n) is 6.78. The summed E-state index contributed by atoms with van der Waals surface area (Å²) in [6.07, 6.45) is 2.34. The second-order valence-corrected chi connectivity index (χ2v) is 8.64. The molecule has 0 spiro atoms. The van der Waals surface area contributed by atoms with Crippen LogP contribution in [0.2, 0.25) is 0 Å². The molecule has 0 heterocycles. The van der Waals surface area contributed by atoms with Crippen LogP contribution in [0.4, 0.5) is 15.8 Å². The van der Waals surface area contributed by atoms with Crippen LogP contribution in [0.3, 0.4) is 0 Å². The zero-order valence-corrected chi connectivity index (χ0v) is 17.6. The quantitative estimate of drug-likeness (QED) is 0.349. The van der Waals surface area contributed by atoms with Crippen LogP contribution in [-0.4, -0.2) is 38.1 Å². The maximum absolute atomic E-state index is 12.9. The Morgan fingerprint density at radius 2 is 1.90 bits per heavy atom. The number of benzene rings is 2. The monoisotopic (exact) mass is 437 g/mol. The van der Waals surface area contributed by atoms with Crippen molar-refractivity contribution in [2.75, 3.05) is 17.1 Å². The van der Waals surface area contributed by atoms with Crippen LogP contribution in [0.15, 0.2) is 48.5 Å². The molecule has 162 valence electrons. The van der Waals surface area contributed by atoms with Crippen molar-refractivity contribution in [3.63, 3.8) is 0 Å². The second kappa shape index (κ2) is 10.1. The largest absolute Gasteiger partial charge is 0.354 e. The van der Waals surface area contributed by atoms with Crippen LogP contribution in [0.5, 0.6) is 0 Å². The first kappa shape index (κ1) is 23.3. The van der Waals surface area contributed by atoms with Gasteiger partial charge < -0.3 is 5.32 Å². The molecule has 8 nitrogen and oxygen atoms in total. The van der Waals surface area contributed by atoms with Crippen LogP contribution >= 0.6 is 0 Å². The fraction of sp³-hybridized carbons (Fsp3) is 0.350. The normalized spacial score (nSPS) is 12.2. The standard InChI is InChI=1S/C20H24FN3O5S/c1-3-19(20(25)22-13-5-6-15-9-11-16(21)12-10-15)23(30(2,28)29)17-7-4-8-18(14-17)24(26)27/h4,7-12,14,19H,3,5-6,13H2,1-2H3,(H,22,25)/t19-/m1/s1. The average molecular weight is 437 g/mol. The molecule has 0 aromatic heterocycles. The summed E-state index contributed by atoms with van der Waals surface area (Å²) in [4.78, 5) is 23.1.